The van der Waals surface area contributed by atoms with Crippen molar-refractivity contribution in [3.63, 3.8) is 0 Å². The SMILES string of the molecule is Cc1nc(CNC(=O)OC(C)(C)C)ccc1[C@@H](C)NCCc1nccn1C(F)F. The number of rotatable bonds is 8. The molecule has 0 radical (unpaired) electrons. The number of halogens is 2. The van der Waals surface area contributed by atoms with Gasteiger partial charge in [-0.3, -0.25) is 9.55 Å². The third-order valence-corrected chi connectivity index (χ3v) is 4.22. The summed E-state index contributed by atoms with van der Waals surface area (Å²) in [5, 5.41) is 6.00. The Hall–Kier alpha value is -2.55. The van der Waals surface area contributed by atoms with E-state index in [1.807, 2.05) is 26.0 Å². The number of aryl methyl sites for hydroxylation is 1. The molecule has 1 amide bonds. The summed E-state index contributed by atoms with van der Waals surface area (Å²) in [6, 6.07) is 3.79. The van der Waals surface area contributed by atoms with Crippen molar-refractivity contribution in [3.05, 3.63) is 47.3 Å². The Bertz CT molecular complexity index is 817. The van der Waals surface area contributed by atoms with Crippen molar-refractivity contribution in [2.24, 2.45) is 0 Å². The van der Waals surface area contributed by atoms with Crippen LogP contribution in [-0.2, 0) is 17.7 Å². The van der Waals surface area contributed by atoms with Gasteiger partial charge >= 0.3 is 12.6 Å². The summed E-state index contributed by atoms with van der Waals surface area (Å²) in [7, 11) is 0. The van der Waals surface area contributed by atoms with Crippen LogP contribution in [0.3, 0.4) is 0 Å². The number of hydrogen-bond donors (Lipinski definition) is 2. The fourth-order valence-electron chi connectivity index (χ4n) is 2.88. The lowest BCUT2D eigenvalue weighted by molar-refractivity contribution is 0.0522. The molecule has 160 valence electrons. The molecule has 2 heterocycles. The molecule has 9 heteroatoms. The van der Waals surface area contributed by atoms with Gasteiger partial charge in [0.2, 0.25) is 0 Å². The van der Waals surface area contributed by atoms with E-state index < -0.39 is 18.2 Å². The molecule has 2 N–H and O–H groups in total. The average Bonchev–Trinajstić information content (AvgIpc) is 3.07. The van der Waals surface area contributed by atoms with Crippen molar-refractivity contribution < 1.29 is 18.3 Å². The zero-order valence-corrected chi connectivity index (χ0v) is 17.5. The molecule has 0 fully saturated rings. The maximum Gasteiger partial charge on any atom is 0.407 e. The van der Waals surface area contributed by atoms with Crippen LogP contribution in [0.25, 0.3) is 0 Å². The monoisotopic (exact) mass is 409 g/mol. The van der Waals surface area contributed by atoms with Crippen molar-refractivity contribution in [1.82, 2.24) is 25.2 Å². The van der Waals surface area contributed by atoms with Gasteiger partial charge in [-0.05, 0) is 46.2 Å². The lowest BCUT2D eigenvalue weighted by atomic mass is 10.1. The van der Waals surface area contributed by atoms with E-state index in [0.29, 0.717) is 18.8 Å². The number of carbonyl (C=O) groups excluding carboxylic acids is 1. The number of alkyl halides is 2. The zero-order chi connectivity index (χ0) is 21.6. The van der Waals surface area contributed by atoms with E-state index in [4.69, 9.17) is 4.74 Å². The second kappa shape index (κ2) is 9.78. The highest BCUT2D eigenvalue weighted by atomic mass is 19.3. The summed E-state index contributed by atoms with van der Waals surface area (Å²) in [5.41, 5.74) is 2.01. The molecule has 0 aliphatic heterocycles. The van der Waals surface area contributed by atoms with Gasteiger partial charge in [0, 0.05) is 37.1 Å². The number of nitrogens with zero attached hydrogens (tertiary/aromatic N) is 3. The first kappa shape index (κ1) is 22.7. The number of hydrogen-bond acceptors (Lipinski definition) is 5. The first-order valence-corrected chi connectivity index (χ1v) is 9.53. The molecule has 0 bridgehead atoms. The van der Waals surface area contributed by atoms with Crippen molar-refractivity contribution in [2.45, 2.75) is 65.8 Å². The standard InChI is InChI=1S/C20H29F2N5O2/c1-13(23-9-8-17-24-10-11-27(17)18(21)22)16-7-6-15(26-14(16)2)12-25-19(28)29-20(3,4)5/h6-7,10-11,13,18,23H,8-9,12H2,1-5H3,(H,25,28)/t13-/m1/s1. The first-order valence-electron chi connectivity index (χ1n) is 9.53. The van der Waals surface area contributed by atoms with Crippen LogP contribution in [0, 0.1) is 6.92 Å². The number of amides is 1. The Morgan fingerprint density at radius 2 is 2.03 bits per heavy atom. The number of nitrogens with one attached hydrogen (secondary N) is 2. The van der Waals surface area contributed by atoms with E-state index in [0.717, 1.165) is 21.5 Å². The quantitative estimate of drug-likeness (QED) is 0.691. The largest absolute Gasteiger partial charge is 0.444 e. The molecule has 0 unspecified atom stereocenters. The van der Waals surface area contributed by atoms with E-state index in [1.54, 1.807) is 20.8 Å². The molecule has 29 heavy (non-hydrogen) atoms. The van der Waals surface area contributed by atoms with Crippen LogP contribution in [0.1, 0.15) is 63.1 Å². The lowest BCUT2D eigenvalue weighted by Gasteiger charge is -2.20. The molecule has 7 nitrogen and oxygen atoms in total. The highest BCUT2D eigenvalue weighted by molar-refractivity contribution is 5.67. The van der Waals surface area contributed by atoms with Gasteiger partial charge < -0.3 is 15.4 Å². The van der Waals surface area contributed by atoms with Gasteiger partial charge in [0.05, 0.1) is 12.2 Å². The molecular weight excluding hydrogens is 380 g/mol. The molecule has 0 aliphatic rings. The number of carbonyl (C=O) groups is 1. The van der Waals surface area contributed by atoms with E-state index in [1.165, 1.54) is 12.4 Å². The maximum atomic E-state index is 12.9. The third-order valence-electron chi connectivity index (χ3n) is 4.22. The highest BCUT2D eigenvalue weighted by Gasteiger charge is 2.16. The first-order chi connectivity index (χ1) is 13.6. The lowest BCUT2D eigenvalue weighted by Crippen LogP contribution is -2.32. The topological polar surface area (TPSA) is 81.1 Å². The summed E-state index contributed by atoms with van der Waals surface area (Å²) in [5.74, 6) is 0.345. The van der Waals surface area contributed by atoms with Crippen LogP contribution in [-0.4, -0.2) is 32.8 Å². The van der Waals surface area contributed by atoms with Gasteiger partial charge in [-0.25, -0.2) is 9.78 Å². The van der Waals surface area contributed by atoms with Gasteiger partial charge in [0.1, 0.15) is 11.4 Å². The Morgan fingerprint density at radius 1 is 1.31 bits per heavy atom. The van der Waals surface area contributed by atoms with Gasteiger partial charge in [0.25, 0.3) is 0 Å². The molecule has 0 aromatic carbocycles. The summed E-state index contributed by atoms with van der Waals surface area (Å²) >= 11 is 0. The summed E-state index contributed by atoms with van der Waals surface area (Å²) in [6.07, 6.45) is 2.56. The van der Waals surface area contributed by atoms with E-state index >= 15 is 0 Å². The molecule has 0 aliphatic carbocycles. The van der Waals surface area contributed by atoms with Crippen molar-refractivity contribution in [3.8, 4) is 0 Å². The van der Waals surface area contributed by atoms with E-state index in [-0.39, 0.29) is 12.6 Å². The van der Waals surface area contributed by atoms with Gasteiger partial charge in [0.15, 0.2) is 0 Å². The highest BCUT2D eigenvalue weighted by Crippen LogP contribution is 2.17. The Labute approximate surface area is 169 Å². The molecule has 1 atom stereocenters. The van der Waals surface area contributed by atoms with Crippen molar-refractivity contribution in [1.29, 1.82) is 0 Å². The Kier molecular flexibility index (Phi) is 7.66. The van der Waals surface area contributed by atoms with Crippen LogP contribution < -0.4 is 10.6 Å². The normalized spacial score (nSPS) is 12.8. The molecule has 2 rings (SSSR count). The summed E-state index contributed by atoms with van der Waals surface area (Å²) in [4.78, 5) is 20.3. The zero-order valence-electron chi connectivity index (χ0n) is 17.5. The van der Waals surface area contributed by atoms with Crippen LogP contribution in [0.2, 0.25) is 0 Å². The predicted octanol–water partition coefficient (Wildman–Crippen LogP) is 3.90. The van der Waals surface area contributed by atoms with Crippen LogP contribution in [0.4, 0.5) is 13.6 Å². The number of aromatic nitrogens is 3. The van der Waals surface area contributed by atoms with Crippen molar-refractivity contribution in [2.75, 3.05) is 6.54 Å². The van der Waals surface area contributed by atoms with E-state index in [2.05, 4.69) is 20.6 Å². The van der Waals surface area contributed by atoms with Crippen LogP contribution in [0.5, 0.6) is 0 Å². The van der Waals surface area contributed by atoms with E-state index in [9.17, 15) is 13.6 Å². The van der Waals surface area contributed by atoms with Crippen molar-refractivity contribution >= 4 is 6.09 Å². The van der Waals surface area contributed by atoms with Crippen LogP contribution in [0.15, 0.2) is 24.5 Å². The van der Waals surface area contributed by atoms with Gasteiger partial charge in [-0.2, -0.15) is 8.78 Å². The number of pyridine rings is 1. The maximum absolute atomic E-state index is 12.9. The predicted molar refractivity (Wildman–Crippen MR) is 106 cm³/mol. The molecule has 0 saturated carbocycles. The fourth-order valence-corrected chi connectivity index (χ4v) is 2.88. The van der Waals surface area contributed by atoms with Gasteiger partial charge in [-0.1, -0.05) is 6.07 Å². The minimum Gasteiger partial charge on any atom is -0.444 e. The summed E-state index contributed by atoms with van der Waals surface area (Å²) in [6.45, 7) is 7.49. The smallest absolute Gasteiger partial charge is 0.407 e. The molecule has 0 spiro atoms. The molecule has 2 aromatic heterocycles. The van der Waals surface area contributed by atoms with Gasteiger partial charge in [-0.15, -0.1) is 0 Å². The van der Waals surface area contributed by atoms with Crippen LogP contribution >= 0.6 is 0 Å². The molecular formula is C20H29F2N5O2. The molecule has 0 saturated heterocycles. The minimum atomic E-state index is -2.58. The fraction of sp³-hybridized carbons (Fsp3) is 0.550. The summed E-state index contributed by atoms with van der Waals surface area (Å²) < 4.78 is 31.8. The Balaban J connectivity index is 1.87. The average molecular weight is 409 g/mol. The molecule has 2 aromatic rings. The number of ether oxygens (including phenoxy) is 1. The second-order valence-corrected chi connectivity index (χ2v) is 7.79. The third kappa shape index (κ3) is 7.08. The number of imidazole rings is 1. The Morgan fingerprint density at radius 3 is 2.66 bits per heavy atom. The second-order valence-electron chi connectivity index (χ2n) is 7.79. The number of alkyl carbamates (subject to hydrolysis) is 1. The minimum absolute atomic E-state index is 0.00896.